The molecule has 0 amide bonds. The zero-order valence-electron chi connectivity index (χ0n) is 20.6. The Morgan fingerprint density at radius 2 is 1.69 bits per heavy atom. The Hall–Kier alpha value is -1.51. The summed E-state index contributed by atoms with van der Waals surface area (Å²) >= 11 is 0. The molecule has 32 heavy (non-hydrogen) atoms. The van der Waals surface area contributed by atoms with Crippen molar-refractivity contribution in [3.8, 4) is 5.75 Å². The largest absolute Gasteiger partial charge is 0.497 e. The molecular formula is C29H42O3. The first kappa shape index (κ1) is 22.3. The molecule has 4 aliphatic rings. The number of carbonyl (C=O) groups is 1. The summed E-state index contributed by atoms with van der Waals surface area (Å²) in [5.74, 6) is 4.06. The summed E-state index contributed by atoms with van der Waals surface area (Å²) in [4.78, 5) is 14.0. The molecular weight excluding hydrogens is 396 g/mol. The second-order valence-corrected chi connectivity index (χ2v) is 12.0. The third-order valence-electron chi connectivity index (χ3n) is 10.2. The van der Waals surface area contributed by atoms with Gasteiger partial charge in [-0.1, -0.05) is 58.6 Å². The molecule has 0 unspecified atom stereocenters. The van der Waals surface area contributed by atoms with Crippen molar-refractivity contribution in [3.05, 3.63) is 29.8 Å². The van der Waals surface area contributed by atoms with Crippen molar-refractivity contribution >= 4 is 5.97 Å². The minimum atomic E-state index is -0.144. The van der Waals surface area contributed by atoms with Crippen molar-refractivity contribution in [3.63, 3.8) is 0 Å². The number of esters is 1. The van der Waals surface area contributed by atoms with Crippen molar-refractivity contribution in [2.75, 3.05) is 7.11 Å². The summed E-state index contributed by atoms with van der Waals surface area (Å²) in [7, 11) is 1.71. The van der Waals surface area contributed by atoms with Crippen LogP contribution in [-0.4, -0.2) is 19.2 Å². The molecule has 4 aliphatic carbocycles. The molecule has 1 aromatic carbocycles. The molecule has 0 spiro atoms. The van der Waals surface area contributed by atoms with Crippen LogP contribution < -0.4 is 4.74 Å². The molecule has 0 N–H and O–H groups in total. The molecule has 7 atom stereocenters. The van der Waals surface area contributed by atoms with E-state index < -0.39 is 0 Å². The Bertz CT molecular complexity index is 827. The van der Waals surface area contributed by atoms with Crippen LogP contribution in [0.5, 0.6) is 5.75 Å². The Labute approximate surface area is 194 Å². The third kappa shape index (κ3) is 3.41. The van der Waals surface area contributed by atoms with E-state index in [1.807, 2.05) is 0 Å². The number of hydrogen-bond acceptors (Lipinski definition) is 3. The molecule has 0 bridgehead atoms. The Morgan fingerprint density at radius 3 is 2.41 bits per heavy atom. The van der Waals surface area contributed by atoms with Crippen LogP contribution in [0.2, 0.25) is 0 Å². The van der Waals surface area contributed by atoms with Crippen molar-refractivity contribution in [1.29, 1.82) is 0 Å². The highest BCUT2D eigenvalue weighted by Crippen LogP contribution is 2.69. The normalized spacial score (nSPS) is 38.9. The maximum Gasteiger partial charge on any atom is 0.312 e. The van der Waals surface area contributed by atoms with Gasteiger partial charge in [0.15, 0.2) is 0 Å². The second kappa shape index (κ2) is 8.37. The quantitative estimate of drug-likeness (QED) is 0.468. The fourth-order valence-electron chi connectivity index (χ4n) is 8.44. The standard InChI is InChI=1S/C29H42O3/c1-19-11-16-25(28(2,3)20-12-14-21(31-4)15-13-20)26(18-19)32-27(30)29-17-6-5-9-23(29)22-8-7-10-24(22)29/h12-15,19,22-26H,5-11,16-18H2,1-4H3/t19-,22-,23+,24+,25-,26-,29+/m1/s1. The van der Waals surface area contributed by atoms with E-state index in [0.717, 1.165) is 30.9 Å². The van der Waals surface area contributed by atoms with Crippen LogP contribution in [0.4, 0.5) is 0 Å². The molecule has 0 aliphatic heterocycles. The predicted molar refractivity (Wildman–Crippen MR) is 128 cm³/mol. The van der Waals surface area contributed by atoms with Gasteiger partial charge in [-0.25, -0.2) is 0 Å². The molecule has 3 nitrogen and oxygen atoms in total. The lowest BCUT2D eigenvalue weighted by molar-refractivity contribution is -0.207. The molecule has 4 fully saturated rings. The molecule has 5 rings (SSSR count). The van der Waals surface area contributed by atoms with Crippen LogP contribution in [0.1, 0.15) is 90.5 Å². The number of benzene rings is 1. The van der Waals surface area contributed by atoms with Crippen LogP contribution in [0.15, 0.2) is 24.3 Å². The number of methoxy groups -OCH3 is 1. The van der Waals surface area contributed by atoms with Gasteiger partial charge >= 0.3 is 5.97 Å². The van der Waals surface area contributed by atoms with Crippen LogP contribution in [0.25, 0.3) is 0 Å². The van der Waals surface area contributed by atoms with Gasteiger partial charge in [-0.05, 0) is 85.3 Å². The first-order chi connectivity index (χ1) is 15.4. The minimum absolute atomic E-state index is 0.0285. The Balaban J connectivity index is 1.38. The topological polar surface area (TPSA) is 35.5 Å². The zero-order valence-corrected chi connectivity index (χ0v) is 20.6. The van der Waals surface area contributed by atoms with Gasteiger partial charge in [-0.2, -0.15) is 0 Å². The summed E-state index contributed by atoms with van der Waals surface area (Å²) in [6.07, 6.45) is 12.1. The number of ether oxygens (including phenoxy) is 2. The summed E-state index contributed by atoms with van der Waals surface area (Å²) in [5, 5.41) is 0. The molecule has 1 aromatic rings. The molecule has 0 heterocycles. The van der Waals surface area contributed by atoms with E-state index in [1.54, 1.807) is 7.11 Å². The van der Waals surface area contributed by atoms with Gasteiger partial charge in [-0.15, -0.1) is 0 Å². The monoisotopic (exact) mass is 438 g/mol. The van der Waals surface area contributed by atoms with E-state index in [1.165, 1.54) is 50.5 Å². The van der Waals surface area contributed by atoms with Gasteiger partial charge < -0.3 is 9.47 Å². The highest BCUT2D eigenvalue weighted by molar-refractivity contribution is 5.80. The third-order valence-corrected chi connectivity index (χ3v) is 10.2. The minimum Gasteiger partial charge on any atom is -0.497 e. The summed E-state index contributed by atoms with van der Waals surface area (Å²) in [6.45, 7) is 7.01. The summed E-state index contributed by atoms with van der Waals surface area (Å²) < 4.78 is 12.0. The van der Waals surface area contributed by atoms with E-state index in [0.29, 0.717) is 23.7 Å². The van der Waals surface area contributed by atoms with Crippen LogP contribution in [0.3, 0.4) is 0 Å². The maximum atomic E-state index is 14.0. The fourth-order valence-corrected chi connectivity index (χ4v) is 8.44. The van der Waals surface area contributed by atoms with Gasteiger partial charge in [0.1, 0.15) is 11.9 Å². The van der Waals surface area contributed by atoms with Crippen LogP contribution >= 0.6 is 0 Å². The zero-order chi connectivity index (χ0) is 22.5. The number of rotatable bonds is 5. The lowest BCUT2D eigenvalue weighted by Gasteiger charge is -2.60. The molecule has 3 heteroatoms. The van der Waals surface area contributed by atoms with Gasteiger partial charge in [-0.3, -0.25) is 4.79 Å². The molecule has 4 saturated carbocycles. The van der Waals surface area contributed by atoms with Crippen molar-refractivity contribution in [1.82, 2.24) is 0 Å². The van der Waals surface area contributed by atoms with Crippen molar-refractivity contribution in [2.45, 2.75) is 96.5 Å². The number of hydrogen-bond donors (Lipinski definition) is 0. The van der Waals surface area contributed by atoms with Crippen molar-refractivity contribution in [2.24, 2.45) is 35.0 Å². The Morgan fingerprint density at radius 1 is 0.969 bits per heavy atom. The lowest BCUT2D eigenvalue weighted by atomic mass is 9.43. The molecule has 0 radical (unpaired) electrons. The number of carbonyl (C=O) groups excluding carboxylic acids is 1. The number of fused-ring (bicyclic) bond motifs is 4. The predicted octanol–water partition coefficient (Wildman–Crippen LogP) is 6.93. The molecule has 0 saturated heterocycles. The molecule has 0 aromatic heterocycles. The van der Waals surface area contributed by atoms with E-state index in [9.17, 15) is 4.79 Å². The fraction of sp³-hybridized carbons (Fsp3) is 0.759. The Kier molecular flexibility index (Phi) is 5.83. The lowest BCUT2D eigenvalue weighted by Crippen LogP contribution is -2.61. The van der Waals surface area contributed by atoms with Gasteiger partial charge in [0, 0.05) is 5.92 Å². The highest BCUT2D eigenvalue weighted by Gasteiger charge is 2.67. The average Bonchev–Trinajstić information content (AvgIpc) is 3.22. The SMILES string of the molecule is COc1ccc(C(C)(C)[C@@H]2CC[C@@H](C)C[C@H]2OC(=O)[C@@]23CCCC[C@H]2[C@H]2CCC[C@@H]23)cc1. The first-order valence-electron chi connectivity index (χ1n) is 13.2. The van der Waals surface area contributed by atoms with Gasteiger partial charge in [0.05, 0.1) is 12.5 Å². The van der Waals surface area contributed by atoms with Gasteiger partial charge in [0.25, 0.3) is 0 Å². The van der Waals surface area contributed by atoms with E-state index in [2.05, 4.69) is 45.0 Å². The summed E-state index contributed by atoms with van der Waals surface area (Å²) in [5.41, 5.74) is 1.12. The average molecular weight is 439 g/mol. The van der Waals surface area contributed by atoms with E-state index in [4.69, 9.17) is 9.47 Å². The van der Waals surface area contributed by atoms with Gasteiger partial charge in [0.2, 0.25) is 0 Å². The van der Waals surface area contributed by atoms with Crippen LogP contribution in [-0.2, 0) is 14.9 Å². The van der Waals surface area contributed by atoms with Crippen LogP contribution in [0, 0.1) is 35.0 Å². The maximum absolute atomic E-state index is 14.0. The van der Waals surface area contributed by atoms with E-state index in [-0.39, 0.29) is 22.9 Å². The van der Waals surface area contributed by atoms with E-state index >= 15 is 0 Å². The first-order valence-corrected chi connectivity index (χ1v) is 13.2. The van der Waals surface area contributed by atoms with Crippen molar-refractivity contribution < 1.29 is 14.3 Å². The second-order valence-electron chi connectivity index (χ2n) is 12.0. The smallest absolute Gasteiger partial charge is 0.312 e. The molecule has 176 valence electrons. The summed E-state index contributed by atoms with van der Waals surface area (Å²) in [6, 6.07) is 8.51. The highest BCUT2D eigenvalue weighted by atomic mass is 16.5.